The summed E-state index contributed by atoms with van der Waals surface area (Å²) in [6.45, 7) is 0. The summed E-state index contributed by atoms with van der Waals surface area (Å²) in [6.07, 6.45) is 0. The summed E-state index contributed by atoms with van der Waals surface area (Å²) in [7, 11) is 0. The van der Waals surface area contributed by atoms with Crippen LogP contribution in [0.25, 0.3) is 0 Å². The van der Waals surface area contributed by atoms with E-state index in [1.54, 1.807) is 0 Å². The van der Waals surface area contributed by atoms with Gasteiger partial charge in [0.15, 0.2) is 0 Å². The number of halogens is 3. The first kappa shape index (κ1) is 16.0. The molecule has 0 aliphatic heterocycles. The van der Waals surface area contributed by atoms with E-state index in [0.29, 0.717) is 0 Å². The van der Waals surface area contributed by atoms with E-state index < -0.39 is 33.4 Å². The van der Waals surface area contributed by atoms with Gasteiger partial charge in [0.2, 0.25) is 0 Å². The van der Waals surface area contributed by atoms with Crippen LogP contribution < -0.4 is 0 Å². The second kappa shape index (κ2) is 10.9. The average Bonchev–Trinajstić information content (AvgIpc) is 0.811. The first-order valence-electron chi connectivity index (χ1n) is 0.293. The van der Waals surface area contributed by atoms with Crippen LogP contribution in [-0.4, -0.2) is 18.9 Å². The zero-order valence-corrected chi connectivity index (χ0v) is 6.76. The van der Waals surface area contributed by atoms with E-state index in [0.717, 1.165) is 0 Å². The van der Waals surface area contributed by atoms with Gasteiger partial charge in [-0.1, -0.05) is 0 Å². The predicted octanol–water partition coefficient (Wildman–Crippen LogP) is 0.612. The molecule has 0 rings (SSSR count). The Balaban J connectivity index is -0.0000000450. The van der Waals surface area contributed by atoms with Crippen LogP contribution in [0.2, 0.25) is 0 Å². The molecule has 42 valence electrons. The predicted molar refractivity (Wildman–Crippen MR) is 10.5 cm³/mol. The van der Waals surface area contributed by atoms with Gasteiger partial charge in [-0.25, -0.2) is 0 Å². The summed E-state index contributed by atoms with van der Waals surface area (Å²) < 4.78 is 29.3. The minimum atomic E-state index is -4.44. The molecule has 0 saturated carbocycles. The van der Waals surface area contributed by atoms with Crippen LogP contribution in [-0.2, 0) is 0 Å². The summed E-state index contributed by atoms with van der Waals surface area (Å²) in [6, 6.07) is 0. The number of rotatable bonds is 0. The molecule has 0 aromatic heterocycles. The largest absolute Gasteiger partial charge is 0 e. The Labute approximate surface area is 95.0 Å². The molecule has 0 aliphatic carbocycles. The first-order valence-corrected chi connectivity index (χ1v) is 2.17. The van der Waals surface area contributed by atoms with Crippen molar-refractivity contribution in [2.75, 3.05) is 0 Å². The third kappa shape index (κ3) is 28.2. The first-order chi connectivity index (χ1) is 1.73. The van der Waals surface area contributed by atoms with E-state index >= 15 is 0 Å². The van der Waals surface area contributed by atoms with E-state index in [1.165, 1.54) is 0 Å². The molecule has 0 amide bonds. The van der Waals surface area contributed by atoms with E-state index in [1.807, 2.05) is 0 Å². The smallest absolute Gasteiger partial charge is 0 e. The molecule has 0 unspecified atom stereocenters. The van der Waals surface area contributed by atoms with Crippen LogP contribution in [0.1, 0.15) is 0 Å². The summed E-state index contributed by atoms with van der Waals surface area (Å²) >= 11 is -4.44. The van der Waals surface area contributed by atoms with E-state index in [2.05, 4.69) is 0 Å². The summed E-state index contributed by atoms with van der Waals surface area (Å²) in [5.41, 5.74) is 0. The fraction of sp³-hybridized carbons (Fsp3) is 0. The molecule has 0 aromatic carbocycles. The summed E-state index contributed by atoms with van der Waals surface area (Å²) in [5, 5.41) is 0. The SMILES string of the molecule is [F][Lu]([F])[F].[LiH].[Nd]. The van der Waals surface area contributed by atoms with Crippen molar-refractivity contribution in [1.82, 2.24) is 0 Å². The van der Waals surface area contributed by atoms with Gasteiger partial charge in [-0.3, -0.25) is 0 Å². The Morgan fingerprint density at radius 3 is 1.00 bits per heavy atom. The van der Waals surface area contributed by atoms with Crippen molar-refractivity contribution in [1.29, 1.82) is 0 Å². The minimum Gasteiger partial charge on any atom is 0 e. The molecule has 0 spiro atoms. The van der Waals surface area contributed by atoms with Crippen molar-refractivity contribution in [3.05, 3.63) is 0 Å². The van der Waals surface area contributed by atoms with Gasteiger partial charge in [-0.15, -0.1) is 0 Å². The molecule has 0 fully saturated rings. The van der Waals surface area contributed by atoms with E-state index in [9.17, 15) is 4.39 Å². The van der Waals surface area contributed by atoms with Crippen LogP contribution in [0.3, 0.4) is 0 Å². The summed E-state index contributed by atoms with van der Waals surface area (Å²) in [4.78, 5) is 0. The van der Waals surface area contributed by atoms with Crippen molar-refractivity contribution >= 4 is 18.9 Å². The Bertz CT molecular complexity index is 15.5. The standard InChI is InChI=1S/3FH.Li.Lu.Nd.H/h3*1H;;;;/q;;;;+3;;/p-3. The molecule has 6 heavy (non-hydrogen) atoms. The quantitative estimate of drug-likeness (QED) is 0.538. The Morgan fingerprint density at radius 2 is 1.00 bits per heavy atom. The van der Waals surface area contributed by atoms with Crippen molar-refractivity contribution < 1.29 is 78.6 Å². The molecule has 0 N–H and O–H groups in total. The van der Waals surface area contributed by atoms with Crippen molar-refractivity contribution in [2.45, 2.75) is 0 Å². The van der Waals surface area contributed by atoms with E-state index in [-0.39, 0.29) is 59.7 Å². The molecule has 6 heteroatoms. The van der Waals surface area contributed by atoms with Gasteiger partial charge in [-0.2, -0.15) is 0 Å². The van der Waals surface area contributed by atoms with Crippen LogP contribution >= 0.6 is 0 Å². The Kier molecular flexibility index (Phi) is 29.0. The molecule has 0 nitrogen and oxygen atoms in total. The van der Waals surface area contributed by atoms with Gasteiger partial charge in [0.25, 0.3) is 0 Å². The second-order valence-electron chi connectivity index (χ2n) is 0.111. The molecule has 0 radical (unpaired) electrons. The molecule has 0 bridgehead atoms. The normalized spacial score (nSPS) is 7.50. The van der Waals surface area contributed by atoms with Gasteiger partial charge in [0, 0.05) is 40.8 Å². The molecule has 0 atom stereocenters. The Morgan fingerprint density at radius 1 is 1.00 bits per heavy atom. The van der Waals surface area contributed by atoms with Crippen LogP contribution in [0.4, 0.5) is 4.39 Å². The Hall–Kier alpha value is 2.97. The molecular formula is HF3LiLuNd. The maximum absolute atomic E-state index is 9.78. The zero-order chi connectivity index (χ0) is 3.58. The van der Waals surface area contributed by atoms with Crippen molar-refractivity contribution in [2.24, 2.45) is 0 Å². The maximum Gasteiger partial charge on any atom is 0 e. The summed E-state index contributed by atoms with van der Waals surface area (Å²) in [5.74, 6) is 0. The molecule has 0 saturated heterocycles. The molecular weight excluding hydrogens is 383 g/mol. The fourth-order valence-corrected chi connectivity index (χ4v) is 0. The maximum atomic E-state index is 9.78. The number of hydrogen-bond donors (Lipinski definition) is 0. The van der Waals surface area contributed by atoms with Crippen LogP contribution in [0.15, 0.2) is 0 Å². The van der Waals surface area contributed by atoms with Gasteiger partial charge in [0.05, 0.1) is 0 Å². The zero-order valence-electron chi connectivity index (χ0n) is 1.89. The average molecular weight is 384 g/mol. The molecule has 0 aliphatic rings. The molecule has 0 heterocycles. The van der Waals surface area contributed by atoms with Gasteiger partial charge < -0.3 is 0 Å². The monoisotopic (exact) mass is 382 g/mol. The second-order valence-corrected chi connectivity index (χ2v) is 0.821. The third-order valence-electron chi connectivity index (χ3n) is 0. The van der Waals surface area contributed by atoms with Crippen molar-refractivity contribution in [3.8, 4) is 0 Å². The topological polar surface area (TPSA) is 0 Å². The van der Waals surface area contributed by atoms with Gasteiger partial charge >= 0.3 is 56.7 Å². The van der Waals surface area contributed by atoms with E-state index in [4.69, 9.17) is 0 Å². The third-order valence-corrected chi connectivity index (χ3v) is 0. The van der Waals surface area contributed by atoms with Gasteiger partial charge in [0.1, 0.15) is 0 Å². The number of hydrogen-bond acceptors (Lipinski definition) is 0. The van der Waals surface area contributed by atoms with Gasteiger partial charge in [-0.05, 0) is 0 Å². The van der Waals surface area contributed by atoms with Crippen LogP contribution in [0.5, 0.6) is 0 Å². The van der Waals surface area contributed by atoms with Crippen molar-refractivity contribution in [3.63, 3.8) is 0 Å². The minimum absolute atomic E-state index is 0. The van der Waals surface area contributed by atoms with Crippen LogP contribution in [0, 0.1) is 74.3 Å². The molecule has 0 aromatic rings. The fourth-order valence-electron chi connectivity index (χ4n) is 0.